The molecule has 44 heteroatoms. The molecule has 15 rings (SSSR count). The van der Waals surface area contributed by atoms with Gasteiger partial charge in [-0.2, -0.15) is 38.5 Å². The number of carbonyl (C=O) groups excluding carboxylic acids is 6. The summed E-state index contributed by atoms with van der Waals surface area (Å²) >= 11 is 0. The number of hydrogen-bond donors (Lipinski definition) is 10. The Hall–Kier alpha value is -14.8. The topological polar surface area (TPSA) is 542 Å². The molecular weight excluding hydrogens is 1830 g/mol. The number of ether oxygens (including phenoxy) is 4. The monoisotopic (exact) mass is 1960 g/mol. The van der Waals surface area contributed by atoms with Crippen LogP contribution in [0.4, 0.5) is 83.7 Å². The van der Waals surface area contributed by atoms with E-state index in [4.69, 9.17) is 29.8 Å². The molecular formula is C98H131N25O19. The number of aromatic carboxylic acids is 1. The third-order valence-electron chi connectivity index (χ3n) is 24.0. The van der Waals surface area contributed by atoms with Crippen molar-refractivity contribution in [3.05, 3.63) is 186 Å². The number of nitrogens with zero attached hydrogens (tertiary/aromatic N) is 19. The molecule has 3 saturated carbocycles. The van der Waals surface area contributed by atoms with Crippen LogP contribution in [-0.2, 0) is 18.9 Å². The van der Waals surface area contributed by atoms with Crippen LogP contribution in [0, 0.1) is 11.8 Å². The van der Waals surface area contributed by atoms with Gasteiger partial charge >= 0.3 is 30.2 Å². The van der Waals surface area contributed by atoms with Gasteiger partial charge in [-0.15, -0.1) is 0 Å². The number of nitrogens with one attached hydrogen (secondary N) is 5. The van der Waals surface area contributed by atoms with E-state index in [0.717, 1.165) is 31.9 Å². The second-order valence-electron chi connectivity index (χ2n) is 39.9. The summed E-state index contributed by atoms with van der Waals surface area (Å²) in [6, 6.07) is 19.9. The number of ketones is 2. The maximum Gasteiger partial charge on any atom is 0.415 e. The zero-order valence-corrected chi connectivity index (χ0v) is 84.9. The van der Waals surface area contributed by atoms with E-state index in [1.807, 2.05) is 55.4 Å². The lowest BCUT2D eigenvalue weighted by Crippen LogP contribution is -2.54. The highest BCUT2D eigenvalue weighted by atomic mass is 16.6. The highest BCUT2D eigenvalue weighted by Crippen LogP contribution is 2.43. The number of amides is 3. The Labute approximate surface area is 819 Å². The number of aliphatic hydroxyl groups is 3. The fraction of sp³-hybridized carbons (Fsp3) is 0.480. The van der Waals surface area contributed by atoms with Crippen LogP contribution in [0.3, 0.4) is 0 Å². The number of nitrogens with two attached hydrogens (primary N) is 1. The Balaban J connectivity index is 0.000000177. The lowest BCUT2D eigenvalue weighted by Gasteiger charge is -2.42. The van der Waals surface area contributed by atoms with Crippen molar-refractivity contribution >= 4 is 134 Å². The molecule has 3 aliphatic rings. The van der Waals surface area contributed by atoms with Gasteiger partial charge in [-0.1, -0.05) is 0 Å². The van der Waals surface area contributed by atoms with E-state index in [2.05, 4.69) is 66.9 Å². The number of anilines is 12. The first-order valence-electron chi connectivity index (χ1n) is 46.8. The minimum absolute atomic E-state index is 0.00743. The largest absolute Gasteiger partial charge is 0.477 e. The third-order valence-corrected chi connectivity index (χ3v) is 24.0. The maximum absolute atomic E-state index is 13.3. The number of carboxylic acid groups (broad SMARTS) is 1. The molecule has 142 heavy (non-hydrogen) atoms. The highest BCUT2D eigenvalue weighted by molar-refractivity contribution is 6.03. The third kappa shape index (κ3) is 25.1. The molecule has 44 nitrogen and oxygen atoms in total. The van der Waals surface area contributed by atoms with E-state index in [1.165, 1.54) is 74.0 Å². The molecule has 12 aromatic rings. The number of Topliss-reactive ketones (excluding diaryl/α,β-unsaturated/α-hetero) is 2. The summed E-state index contributed by atoms with van der Waals surface area (Å²) in [4.78, 5) is 162. The van der Waals surface area contributed by atoms with Gasteiger partial charge in [0, 0.05) is 120 Å². The van der Waals surface area contributed by atoms with Gasteiger partial charge < -0.3 is 90.0 Å². The highest BCUT2D eigenvalue weighted by Gasteiger charge is 2.44. The zero-order valence-electron chi connectivity index (χ0n) is 84.9. The molecule has 11 N–H and O–H groups in total. The van der Waals surface area contributed by atoms with Crippen molar-refractivity contribution in [3.63, 3.8) is 0 Å². The van der Waals surface area contributed by atoms with Gasteiger partial charge in [0.25, 0.3) is 22.2 Å². The predicted molar refractivity (Wildman–Crippen MR) is 538 cm³/mol. The Morgan fingerprint density at radius 2 is 0.718 bits per heavy atom. The van der Waals surface area contributed by atoms with Crippen LogP contribution in [0.5, 0.6) is 0 Å². The average molecular weight is 1960 g/mol. The maximum atomic E-state index is 13.3. The molecule has 3 fully saturated rings. The molecule has 0 bridgehead atoms. The number of fused-ring (bicyclic) bond motifs is 4. The van der Waals surface area contributed by atoms with Crippen LogP contribution in [0.15, 0.2) is 142 Å². The van der Waals surface area contributed by atoms with Crippen molar-refractivity contribution in [1.82, 2.24) is 76.7 Å². The fourth-order valence-electron chi connectivity index (χ4n) is 15.3. The molecule has 2 unspecified atom stereocenters. The zero-order chi connectivity index (χ0) is 105. The molecule has 0 saturated heterocycles. The quantitative estimate of drug-likeness (QED) is 0.0144. The molecule has 6 atom stereocenters. The summed E-state index contributed by atoms with van der Waals surface area (Å²) in [5.41, 5.74) is 2.80. The molecule has 762 valence electrons. The Bertz CT molecular complexity index is 6950. The lowest BCUT2D eigenvalue weighted by molar-refractivity contribution is -0.0775. The van der Waals surface area contributed by atoms with E-state index in [9.17, 15) is 68.1 Å². The Morgan fingerprint density at radius 3 is 0.972 bits per heavy atom. The number of esters is 1. The minimum Gasteiger partial charge on any atom is -0.477 e. The molecule has 0 spiro atoms. The summed E-state index contributed by atoms with van der Waals surface area (Å²) < 4.78 is 33.4. The predicted octanol–water partition coefficient (Wildman–Crippen LogP) is 14.2. The van der Waals surface area contributed by atoms with Crippen molar-refractivity contribution in [3.8, 4) is 0 Å². The minimum atomic E-state index is -1.22. The standard InChI is InChI=1S/C27H36N6O5.C23H30N6O5.C22H28N6O3.C21H26N6O5.C5H11NO/c1-16(2)32-12-8-9-19(24(32)35)29-21-14-22(31(7)25(36)38-26(3,4)5)33-23(30-21)18(15-28-33)20(34)13-17-10-11-27(17,6)37;1-8-33-21(31)15-13-24-29-18(27(7)22(32)34-23(4,5)6)12-17(26-19(15)29)25-16-10-9-11-28(14(2)3)20(16)30;1-13(2)27-9-5-6-16(21(27)30)25-18-11-19(23-4)28-20(26-18)15(12-24-28)17(29)10-14-7-8-22(14,3)31;1-12(2)26-9-7-8-14(18(26)28)23-15-10-16(25(6)20(31)32-21(3,4)5)27-17(24-15)13(11-22-27)19(29)30;1-5(7)3-2-4(5)6/h8-9,12,14-17,37H,10-11,13H2,1-7H3,(H,29,30);9-14H,8H2,1-7H3,(H,25,26);5-6,9,11-14,23,31H,7-8,10H2,1-4H3,(H,25,26);7-12H,1-6H3,(H,23,24)(H,29,30);4,7H,2-3,6H2,1H3/t17?,27-;;14?,22-;;4-,5+/m1.1.0/s1. The Kier molecular flexibility index (Phi) is 32.7. The van der Waals surface area contributed by atoms with E-state index >= 15 is 0 Å². The summed E-state index contributed by atoms with van der Waals surface area (Å²) in [6.07, 6.45) is 15.5. The second kappa shape index (κ2) is 43.1. The Morgan fingerprint density at radius 1 is 0.444 bits per heavy atom. The van der Waals surface area contributed by atoms with Gasteiger partial charge in [0.15, 0.2) is 34.2 Å². The molecule has 0 aliphatic heterocycles. The number of pyridine rings is 4. The van der Waals surface area contributed by atoms with Crippen molar-refractivity contribution in [1.29, 1.82) is 0 Å². The van der Waals surface area contributed by atoms with Crippen LogP contribution in [0.1, 0.15) is 262 Å². The first-order valence-corrected chi connectivity index (χ1v) is 46.8. The van der Waals surface area contributed by atoms with Crippen LogP contribution in [0.2, 0.25) is 0 Å². The van der Waals surface area contributed by atoms with E-state index in [1.54, 1.807) is 211 Å². The van der Waals surface area contributed by atoms with E-state index in [-0.39, 0.29) is 169 Å². The fourth-order valence-corrected chi connectivity index (χ4v) is 15.3. The van der Waals surface area contributed by atoms with Crippen molar-refractivity contribution in [2.24, 2.45) is 17.6 Å². The first-order chi connectivity index (χ1) is 66.3. The van der Waals surface area contributed by atoms with Gasteiger partial charge in [-0.25, -0.2) is 43.9 Å². The van der Waals surface area contributed by atoms with Crippen molar-refractivity contribution in [2.45, 2.75) is 261 Å². The van der Waals surface area contributed by atoms with Crippen molar-refractivity contribution < 1.29 is 72.9 Å². The number of aromatic nitrogens is 16. The van der Waals surface area contributed by atoms with Gasteiger partial charge in [0.2, 0.25) is 0 Å². The first kappa shape index (κ1) is 108. The van der Waals surface area contributed by atoms with E-state index in [0.29, 0.717) is 52.9 Å². The van der Waals surface area contributed by atoms with Gasteiger partial charge in [-0.05, 0) is 244 Å². The van der Waals surface area contributed by atoms with E-state index < -0.39 is 63.8 Å². The smallest absolute Gasteiger partial charge is 0.415 e. The number of carboxylic acids is 1. The summed E-state index contributed by atoms with van der Waals surface area (Å²) in [5.74, 6) is 0.163. The van der Waals surface area contributed by atoms with Crippen LogP contribution >= 0.6 is 0 Å². The molecule has 12 heterocycles. The van der Waals surface area contributed by atoms with Crippen LogP contribution in [-0.4, -0.2) is 213 Å². The summed E-state index contributed by atoms with van der Waals surface area (Å²) in [7, 11) is 6.28. The normalized spacial score (nSPS) is 17.6. The van der Waals surface area contributed by atoms with Gasteiger partial charge in [0.05, 0.1) is 59.3 Å². The van der Waals surface area contributed by atoms with Gasteiger partial charge in [-0.3, -0.25) is 43.5 Å². The van der Waals surface area contributed by atoms with Gasteiger partial charge in [0.1, 0.15) is 97.2 Å². The molecule has 0 radical (unpaired) electrons. The lowest BCUT2D eigenvalue weighted by atomic mass is 9.68. The summed E-state index contributed by atoms with van der Waals surface area (Å²) in [6.45, 7) is 38.2. The molecule has 0 aromatic carbocycles. The average Bonchev–Trinajstić information content (AvgIpc) is 1.64. The molecule has 3 amide bonds. The van der Waals surface area contributed by atoms with Crippen molar-refractivity contribution in [2.75, 3.05) is 76.1 Å². The molecule has 3 aliphatic carbocycles. The summed E-state index contributed by atoms with van der Waals surface area (Å²) in [5, 5.41) is 71.4. The van der Waals surface area contributed by atoms with Crippen LogP contribution < -0.4 is 69.3 Å². The molecule has 12 aromatic heterocycles. The number of rotatable bonds is 25. The number of carbonyl (C=O) groups is 7. The second-order valence-corrected chi connectivity index (χ2v) is 39.9. The van der Waals surface area contributed by atoms with Crippen LogP contribution in [0.25, 0.3) is 22.6 Å². The SMILES string of the molecule is CC(C)n1cccc(Nc2cc(N(C)C(=O)OC(C)(C)C)n3ncc(C(=O)CC4CC[C@@]4(C)O)c3n2)c1=O.CC(C)n1cccc(Nc2cc(N(C)C(=O)OC(C)(C)C)n3ncc(C(=O)O)c3n2)c1=O.CCOC(=O)c1cnn2c(N(C)C(=O)OC(C)(C)C)cc(Nc3cccn(C(C)C)c3=O)nc12.CNc1cc(Nc2cccn(C(C)C)c2=O)nc2c(C(=O)CC3CC[C@@]3(C)O)cnn12.C[C@@]1(O)CC[C@@H]1N. The number of hydrogen-bond acceptors (Lipinski definition) is 32.